The zero-order chi connectivity index (χ0) is 15.1. The van der Waals surface area contributed by atoms with Gasteiger partial charge in [0.05, 0.1) is 7.11 Å². The van der Waals surface area contributed by atoms with E-state index in [-0.39, 0.29) is 18.7 Å². The van der Waals surface area contributed by atoms with Gasteiger partial charge in [-0.25, -0.2) is 4.79 Å². The summed E-state index contributed by atoms with van der Waals surface area (Å²) >= 11 is 0. The van der Waals surface area contributed by atoms with Crippen LogP contribution in [0.15, 0.2) is 24.3 Å². The Balaban J connectivity index is 1.72. The first-order valence-electron chi connectivity index (χ1n) is 7.49. The Morgan fingerprint density at radius 3 is 2.76 bits per heavy atom. The molecule has 0 unspecified atom stereocenters. The summed E-state index contributed by atoms with van der Waals surface area (Å²) in [7, 11) is 1.63. The molecule has 0 atom stereocenters. The van der Waals surface area contributed by atoms with E-state index in [0.717, 1.165) is 37.0 Å². The smallest absolute Gasteiger partial charge is 0.315 e. The Hall–Kier alpha value is -1.75. The quantitative estimate of drug-likeness (QED) is 0.778. The zero-order valence-electron chi connectivity index (χ0n) is 12.5. The highest BCUT2D eigenvalue weighted by Gasteiger charge is 2.21. The molecule has 5 heteroatoms. The van der Waals surface area contributed by atoms with Gasteiger partial charge in [-0.2, -0.15) is 0 Å². The molecule has 0 aromatic heterocycles. The Morgan fingerprint density at radius 2 is 2.10 bits per heavy atom. The van der Waals surface area contributed by atoms with Crippen LogP contribution < -0.4 is 15.4 Å². The average Bonchev–Trinajstić information content (AvgIpc) is 2.54. The van der Waals surface area contributed by atoms with Gasteiger partial charge in [0, 0.05) is 19.2 Å². The molecule has 1 aliphatic rings. The third-order valence-electron chi connectivity index (χ3n) is 4.03. The molecule has 3 N–H and O–H groups in total. The van der Waals surface area contributed by atoms with Crippen molar-refractivity contribution in [2.45, 2.75) is 38.3 Å². The van der Waals surface area contributed by atoms with Crippen LogP contribution in [0.4, 0.5) is 4.79 Å². The van der Waals surface area contributed by atoms with Crippen molar-refractivity contribution >= 4 is 6.03 Å². The minimum absolute atomic E-state index is 0.134. The van der Waals surface area contributed by atoms with E-state index in [1.54, 1.807) is 7.11 Å². The van der Waals surface area contributed by atoms with E-state index in [0.29, 0.717) is 12.5 Å². The number of amides is 2. The van der Waals surface area contributed by atoms with Crippen molar-refractivity contribution in [3.05, 3.63) is 29.8 Å². The summed E-state index contributed by atoms with van der Waals surface area (Å²) in [5, 5.41) is 15.0. The molecule has 2 rings (SSSR count). The number of methoxy groups -OCH3 is 1. The molecule has 0 aliphatic heterocycles. The zero-order valence-corrected chi connectivity index (χ0v) is 12.5. The van der Waals surface area contributed by atoms with Gasteiger partial charge < -0.3 is 20.5 Å². The lowest BCUT2D eigenvalue weighted by Crippen LogP contribution is -2.43. The van der Waals surface area contributed by atoms with Gasteiger partial charge in [-0.15, -0.1) is 0 Å². The summed E-state index contributed by atoms with van der Waals surface area (Å²) in [6, 6.07) is 7.73. The predicted octanol–water partition coefficient (Wildman–Crippen LogP) is 2.05. The molecule has 1 saturated carbocycles. The normalized spacial score (nSPS) is 21.6. The molecule has 1 fully saturated rings. The van der Waals surface area contributed by atoms with Crippen molar-refractivity contribution in [1.29, 1.82) is 0 Å². The van der Waals surface area contributed by atoms with Crippen LogP contribution in [0.1, 0.15) is 31.2 Å². The molecule has 5 nitrogen and oxygen atoms in total. The van der Waals surface area contributed by atoms with Crippen LogP contribution >= 0.6 is 0 Å². The number of nitrogens with one attached hydrogen (secondary N) is 2. The van der Waals surface area contributed by atoms with Crippen molar-refractivity contribution in [3.63, 3.8) is 0 Å². The fourth-order valence-electron chi connectivity index (χ4n) is 2.69. The lowest BCUT2D eigenvalue weighted by molar-refractivity contribution is 0.174. The molecule has 116 valence electrons. The van der Waals surface area contributed by atoms with E-state index in [1.807, 2.05) is 24.3 Å². The molecule has 0 spiro atoms. The van der Waals surface area contributed by atoms with Gasteiger partial charge >= 0.3 is 6.03 Å². The van der Waals surface area contributed by atoms with E-state index >= 15 is 0 Å². The van der Waals surface area contributed by atoms with Crippen molar-refractivity contribution in [2.75, 3.05) is 13.7 Å². The van der Waals surface area contributed by atoms with Gasteiger partial charge in [-0.05, 0) is 49.3 Å². The molecule has 0 saturated heterocycles. The summed E-state index contributed by atoms with van der Waals surface area (Å²) in [6.07, 6.45) is 3.85. The third-order valence-corrected chi connectivity index (χ3v) is 4.03. The number of aliphatic hydroxyl groups is 1. The molecule has 0 radical (unpaired) electrons. The number of carbonyl (C=O) groups excluding carboxylic acids is 1. The highest BCUT2D eigenvalue weighted by Crippen LogP contribution is 2.23. The van der Waals surface area contributed by atoms with E-state index in [4.69, 9.17) is 9.84 Å². The maximum atomic E-state index is 11.9. The summed E-state index contributed by atoms with van der Waals surface area (Å²) in [4.78, 5) is 11.9. The average molecular weight is 292 g/mol. The molecule has 0 heterocycles. The molecular weight excluding hydrogens is 268 g/mol. The third kappa shape index (κ3) is 4.93. The Morgan fingerprint density at radius 1 is 1.33 bits per heavy atom. The number of ether oxygens (including phenoxy) is 1. The van der Waals surface area contributed by atoms with Crippen LogP contribution in [-0.2, 0) is 6.54 Å². The highest BCUT2D eigenvalue weighted by molar-refractivity contribution is 5.74. The second kappa shape index (κ2) is 7.88. The Labute approximate surface area is 125 Å². The SMILES string of the molecule is COc1cccc(CNC(=O)NC2CCC(CO)CC2)c1. The standard InChI is InChI=1S/C16H24N2O3/c1-21-15-4-2-3-13(9-15)10-17-16(20)18-14-7-5-12(11-19)6-8-14/h2-4,9,12,14,19H,5-8,10-11H2,1H3,(H2,17,18,20). The van der Waals surface area contributed by atoms with E-state index < -0.39 is 0 Å². The Bertz CT molecular complexity index is 457. The molecule has 2 amide bonds. The molecule has 1 aromatic rings. The monoisotopic (exact) mass is 292 g/mol. The van der Waals surface area contributed by atoms with Gasteiger partial charge in [-0.3, -0.25) is 0 Å². The van der Waals surface area contributed by atoms with Gasteiger partial charge in [0.25, 0.3) is 0 Å². The van der Waals surface area contributed by atoms with Gasteiger partial charge in [0.15, 0.2) is 0 Å². The lowest BCUT2D eigenvalue weighted by atomic mass is 9.87. The summed E-state index contributed by atoms with van der Waals surface area (Å²) in [5.74, 6) is 1.19. The fourth-order valence-corrected chi connectivity index (χ4v) is 2.69. The number of rotatable bonds is 5. The summed E-state index contributed by atoms with van der Waals surface area (Å²) < 4.78 is 5.16. The minimum atomic E-state index is -0.134. The number of hydrogen-bond donors (Lipinski definition) is 3. The maximum Gasteiger partial charge on any atom is 0.315 e. The first-order valence-corrected chi connectivity index (χ1v) is 7.49. The van der Waals surface area contributed by atoms with E-state index in [1.165, 1.54) is 0 Å². The second-order valence-corrected chi connectivity index (χ2v) is 5.58. The lowest BCUT2D eigenvalue weighted by Gasteiger charge is -2.27. The van der Waals surface area contributed by atoms with Crippen LogP contribution in [-0.4, -0.2) is 30.9 Å². The van der Waals surface area contributed by atoms with Crippen LogP contribution in [0.25, 0.3) is 0 Å². The Kier molecular flexibility index (Phi) is 5.87. The van der Waals surface area contributed by atoms with Crippen molar-refractivity contribution in [3.8, 4) is 5.75 Å². The maximum absolute atomic E-state index is 11.9. The summed E-state index contributed by atoms with van der Waals surface area (Å²) in [6.45, 7) is 0.740. The van der Waals surface area contributed by atoms with Gasteiger partial charge in [-0.1, -0.05) is 12.1 Å². The van der Waals surface area contributed by atoms with Crippen LogP contribution in [0.3, 0.4) is 0 Å². The minimum Gasteiger partial charge on any atom is -0.497 e. The summed E-state index contributed by atoms with van der Waals surface area (Å²) in [5.41, 5.74) is 1.01. The molecular formula is C16H24N2O3. The number of carbonyl (C=O) groups is 1. The fraction of sp³-hybridized carbons (Fsp3) is 0.562. The van der Waals surface area contributed by atoms with Crippen molar-refractivity contribution in [1.82, 2.24) is 10.6 Å². The molecule has 0 bridgehead atoms. The molecule has 21 heavy (non-hydrogen) atoms. The number of aliphatic hydroxyl groups excluding tert-OH is 1. The van der Waals surface area contributed by atoms with Crippen molar-refractivity contribution in [2.24, 2.45) is 5.92 Å². The largest absolute Gasteiger partial charge is 0.497 e. The van der Waals surface area contributed by atoms with Gasteiger partial charge in [0.2, 0.25) is 0 Å². The first kappa shape index (κ1) is 15.6. The van der Waals surface area contributed by atoms with Crippen LogP contribution in [0.2, 0.25) is 0 Å². The van der Waals surface area contributed by atoms with Crippen molar-refractivity contribution < 1.29 is 14.6 Å². The van der Waals surface area contributed by atoms with Crippen LogP contribution in [0, 0.1) is 5.92 Å². The van der Waals surface area contributed by atoms with Crippen LogP contribution in [0.5, 0.6) is 5.75 Å². The number of benzene rings is 1. The number of hydrogen-bond acceptors (Lipinski definition) is 3. The molecule has 1 aliphatic carbocycles. The second-order valence-electron chi connectivity index (χ2n) is 5.58. The van der Waals surface area contributed by atoms with E-state index in [9.17, 15) is 4.79 Å². The number of urea groups is 1. The molecule has 1 aromatic carbocycles. The predicted molar refractivity (Wildman–Crippen MR) is 81.2 cm³/mol. The van der Waals surface area contributed by atoms with E-state index in [2.05, 4.69) is 10.6 Å². The topological polar surface area (TPSA) is 70.6 Å². The highest BCUT2D eigenvalue weighted by atomic mass is 16.5. The van der Waals surface area contributed by atoms with Gasteiger partial charge in [0.1, 0.15) is 5.75 Å². The first-order chi connectivity index (χ1) is 10.2.